The van der Waals surface area contributed by atoms with Gasteiger partial charge in [0.25, 0.3) is 0 Å². The van der Waals surface area contributed by atoms with Gasteiger partial charge in [-0.25, -0.2) is 4.98 Å². The lowest BCUT2D eigenvalue weighted by atomic mass is 9.99. The molecule has 90 valence electrons. The first-order chi connectivity index (χ1) is 7.66. The van der Waals surface area contributed by atoms with E-state index in [1.807, 2.05) is 19.6 Å². The van der Waals surface area contributed by atoms with E-state index in [0.717, 1.165) is 6.54 Å². The van der Waals surface area contributed by atoms with Crippen molar-refractivity contribution in [1.29, 1.82) is 0 Å². The van der Waals surface area contributed by atoms with Gasteiger partial charge in [0, 0.05) is 31.9 Å². The Labute approximate surface area is 97.7 Å². The first-order valence-electron chi connectivity index (χ1n) is 6.05. The molecule has 0 spiro atoms. The number of nitrogens with zero attached hydrogens (tertiary/aromatic N) is 3. The zero-order chi connectivity index (χ0) is 11.5. The first-order valence-corrected chi connectivity index (χ1v) is 6.05. The van der Waals surface area contributed by atoms with E-state index in [1.54, 1.807) is 0 Å². The second kappa shape index (κ2) is 4.97. The summed E-state index contributed by atoms with van der Waals surface area (Å²) in [5.41, 5.74) is 1.26. The van der Waals surface area contributed by atoms with Gasteiger partial charge in [0.2, 0.25) is 0 Å². The van der Waals surface area contributed by atoms with Crippen molar-refractivity contribution in [3.63, 3.8) is 0 Å². The highest BCUT2D eigenvalue weighted by atomic mass is 15.1. The van der Waals surface area contributed by atoms with Gasteiger partial charge in [-0.1, -0.05) is 0 Å². The second-order valence-electron chi connectivity index (χ2n) is 4.93. The highest BCUT2D eigenvalue weighted by Gasteiger charge is 2.22. The fraction of sp³-hybridized carbons (Fsp3) is 0.750. The summed E-state index contributed by atoms with van der Waals surface area (Å²) in [6.45, 7) is 4.43. The SMILES string of the molecule is CC1CC(NCc2cncn2C)CCN1C. The Morgan fingerprint density at radius 2 is 2.31 bits per heavy atom. The maximum atomic E-state index is 4.13. The van der Waals surface area contributed by atoms with Gasteiger partial charge in [-0.05, 0) is 33.4 Å². The summed E-state index contributed by atoms with van der Waals surface area (Å²) in [6.07, 6.45) is 6.28. The fourth-order valence-corrected chi connectivity index (χ4v) is 2.28. The van der Waals surface area contributed by atoms with Crippen LogP contribution in [-0.2, 0) is 13.6 Å². The van der Waals surface area contributed by atoms with Gasteiger partial charge >= 0.3 is 0 Å². The van der Waals surface area contributed by atoms with E-state index < -0.39 is 0 Å². The Kier molecular flexibility index (Phi) is 3.61. The average molecular weight is 222 g/mol. The number of hydrogen-bond donors (Lipinski definition) is 1. The van der Waals surface area contributed by atoms with E-state index >= 15 is 0 Å². The maximum absolute atomic E-state index is 4.13. The molecule has 1 aromatic heterocycles. The minimum absolute atomic E-state index is 0.654. The van der Waals surface area contributed by atoms with Crippen LogP contribution in [0.1, 0.15) is 25.5 Å². The van der Waals surface area contributed by atoms with Crippen LogP contribution in [0.4, 0.5) is 0 Å². The van der Waals surface area contributed by atoms with Crippen molar-refractivity contribution in [2.75, 3.05) is 13.6 Å². The molecule has 2 atom stereocenters. The predicted molar refractivity (Wildman–Crippen MR) is 65.2 cm³/mol. The van der Waals surface area contributed by atoms with Crippen LogP contribution in [0.15, 0.2) is 12.5 Å². The van der Waals surface area contributed by atoms with Crippen LogP contribution in [0.25, 0.3) is 0 Å². The van der Waals surface area contributed by atoms with Gasteiger partial charge in [0.15, 0.2) is 0 Å². The van der Waals surface area contributed by atoms with E-state index in [0.29, 0.717) is 12.1 Å². The number of piperidine rings is 1. The van der Waals surface area contributed by atoms with Crippen LogP contribution in [0.3, 0.4) is 0 Å². The Balaban J connectivity index is 1.81. The minimum Gasteiger partial charge on any atom is -0.337 e. The van der Waals surface area contributed by atoms with Gasteiger partial charge < -0.3 is 14.8 Å². The number of hydrogen-bond acceptors (Lipinski definition) is 3. The van der Waals surface area contributed by atoms with Crippen LogP contribution in [0.5, 0.6) is 0 Å². The lowest BCUT2D eigenvalue weighted by Gasteiger charge is -2.35. The van der Waals surface area contributed by atoms with Gasteiger partial charge in [0.05, 0.1) is 12.0 Å². The lowest BCUT2D eigenvalue weighted by molar-refractivity contribution is 0.168. The zero-order valence-corrected chi connectivity index (χ0v) is 10.5. The van der Waals surface area contributed by atoms with Crippen molar-refractivity contribution >= 4 is 0 Å². The van der Waals surface area contributed by atoms with Gasteiger partial charge in [0.1, 0.15) is 0 Å². The molecule has 1 saturated heterocycles. The zero-order valence-electron chi connectivity index (χ0n) is 10.5. The number of nitrogens with one attached hydrogen (secondary N) is 1. The standard InChI is InChI=1S/C12H22N4/c1-10-6-11(4-5-15(10)2)14-8-12-7-13-9-16(12)3/h7,9-11,14H,4-6,8H2,1-3H3. The minimum atomic E-state index is 0.654. The molecule has 4 nitrogen and oxygen atoms in total. The summed E-state index contributed by atoms with van der Waals surface area (Å²) >= 11 is 0. The summed E-state index contributed by atoms with van der Waals surface area (Å²) in [5.74, 6) is 0. The summed E-state index contributed by atoms with van der Waals surface area (Å²) in [4.78, 5) is 6.56. The van der Waals surface area contributed by atoms with Gasteiger partial charge in [-0.15, -0.1) is 0 Å². The van der Waals surface area contributed by atoms with Crippen LogP contribution in [0, 0.1) is 0 Å². The van der Waals surface area contributed by atoms with Crippen molar-refractivity contribution in [2.24, 2.45) is 7.05 Å². The molecule has 0 amide bonds. The van der Waals surface area contributed by atoms with Crippen LogP contribution in [-0.4, -0.2) is 40.1 Å². The third kappa shape index (κ3) is 2.62. The molecule has 1 aliphatic heterocycles. The van der Waals surface area contributed by atoms with Crippen molar-refractivity contribution in [3.8, 4) is 0 Å². The molecule has 1 fully saturated rings. The van der Waals surface area contributed by atoms with Crippen LogP contribution in [0.2, 0.25) is 0 Å². The molecule has 2 heterocycles. The maximum Gasteiger partial charge on any atom is 0.0945 e. The Hall–Kier alpha value is -0.870. The van der Waals surface area contributed by atoms with Gasteiger partial charge in [-0.2, -0.15) is 0 Å². The van der Waals surface area contributed by atoms with Crippen LogP contribution < -0.4 is 5.32 Å². The monoisotopic (exact) mass is 222 g/mol. The summed E-state index contributed by atoms with van der Waals surface area (Å²) < 4.78 is 2.07. The van der Waals surface area contributed by atoms with E-state index in [2.05, 4.69) is 33.7 Å². The molecule has 2 unspecified atom stereocenters. The summed E-state index contributed by atoms with van der Waals surface area (Å²) in [6, 6.07) is 1.35. The topological polar surface area (TPSA) is 33.1 Å². The smallest absolute Gasteiger partial charge is 0.0945 e. The lowest BCUT2D eigenvalue weighted by Crippen LogP contribution is -2.45. The predicted octanol–water partition coefficient (Wildman–Crippen LogP) is 0.992. The van der Waals surface area contributed by atoms with Crippen molar-refractivity contribution in [3.05, 3.63) is 18.2 Å². The molecule has 2 rings (SSSR count). The second-order valence-corrected chi connectivity index (χ2v) is 4.93. The van der Waals surface area contributed by atoms with Crippen molar-refractivity contribution in [2.45, 2.75) is 38.4 Å². The summed E-state index contributed by atoms with van der Waals surface area (Å²) in [5, 5.41) is 3.63. The number of aromatic nitrogens is 2. The van der Waals surface area contributed by atoms with Gasteiger partial charge in [-0.3, -0.25) is 0 Å². The molecular weight excluding hydrogens is 200 g/mol. The molecule has 1 aromatic rings. The quantitative estimate of drug-likeness (QED) is 0.828. The van der Waals surface area contributed by atoms with Crippen molar-refractivity contribution < 1.29 is 0 Å². The van der Waals surface area contributed by atoms with E-state index in [-0.39, 0.29) is 0 Å². The Morgan fingerprint density at radius 3 is 2.94 bits per heavy atom. The Bertz CT molecular complexity index is 334. The first kappa shape index (κ1) is 11.6. The summed E-state index contributed by atoms with van der Waals surface area (Å²) in [7, 11) is 4.25. The normalized spacial score (nSPS) is 27.2. The average Bonchev–Trinajstić information content (AvgIpc) is 2.66. The van der Waals surface area contributed by atoms with Crippen molar-refractivity contribution in [1.82, 2.24) is 19.8 Å². The fourth-order valence-electron chi connectivity index (χ4n) is 2.28. The molecule has 1 N–H and O–H groups in total. The third-order valence-electron chi connectivity index (χ3n) is 3.70. The van der Waals surface area contributed by atoms with E-state index in [9.17, 15) is 0 Å². The number of imidazole rings is 1. The molecule has 1 aliphatic rings. The molecule has 4 heteroatoms. The Morgan fingerprint density at radius 1 is 1.50 bits per heavy atom. The highest BCUT2D eigenvalue weighted by Crippen LogP contribution is 2.15. The number of aryl methyl sites for hydroxylation is 1. The number of rotatable bonds is 3. The number of likely N-dealkylation sites (tertiary alicyclic amines) is 1. The molecule has 0 aliphatic carbocycles. The van der Waals surface area contributed by atoms with Crippen LogP contribution >= 0.6 is 0 Å². The van der Waals surface area contributed by atoms with E-state index in [4.69, 9.17) is 0 Å². The molecule has 0 radical (unpaired) electrons. The molecule has 0 aromatic carbocycles. The van der Waals surface area contributed by atoms with E-state index in [1.165, 1.54) is 25.1 Å². The molecule has 0 saturated carbocycles. The largest absolute Gasteiger partial charge is 0.337 e. The molecule has 16 heavy (non-hydrogen) atoms. The highest BCUT2D eigenvalue weighted by molar-refractivity contribution is 4.97. The third-order valence-corrected chi connectivity index (χ3v) is 3.70. The molecule has 0 bridgehead atoms. The molecular formula is C12H22N4.